The van der Waals surface area contributed by atoms with Crippen LogP contribution in [0.5, 0.6) is 0 Å². The maximum atomic E-state index is 12.8. The molecule has 0 radical (unpaired) electrons. The van der Waals surface area contributed by atoms with Crippen LogP contribution in [-0.4, -0.2) is 10.2 Å². The second-order valence-corrected chi connectivity index (χ2v) is 4.12. The molecule has 0 aliphatic rings. The number of benzene rings is 1. The molecular formula is C14H12FN3O. The predicted octanol–water partition coefficient (Wildman–Crippen LogP) is 3.42. The van der Waals surface area contributed by atoms with Crippen LogP contribution in [0.15, 0.2) is 53.1 Å². The Morgan fingerprint density at radius 1 is 1.21 bits per heavy atom. The molecule has 2 aromatic heterocycles. The van der Waals surface area contributed by atoms with E-state index < -0.39 is 0 Å². The van der Waals surface area contributed by atoms with E-state index in [2.05, 4.69) is 15.5 Å². The fraction of sp³-hybridized carbons (Fsp3) is 0.0714. The standard InChI is InChI=1S/C14H12FN3O/c15-11-5-3-10(4-6-11)9-16-14-8-12(17-18-14)13-2-1-7-19-13/h1-8H,9H2,(H2,16,17,18). The van der Waals surface area contributed by atoms with Crippen molar-refractivity contribution in [1.82, 2.24) is 10.2 Å². The topological polar surface area (TPSA) is 53.9 Å². The first kappa shape index (κ1) is 11.5. The SMILES string of the molecule is Fc1ccc(CNc2cc(-c3ccco3)[nH]n2)cc1. The average molecular weight is 257 g/mol. The molecule has 0 aliphatic carbocycles. The summed E-state index contributed by atoms with van der Waals surface area (Å²) in [7, 11) is 0. The minimum absolute atomic E-state index is 0.233. The molecule has 96 valence electrons. The number of hydrogen-bond acceptors (Lipinski definition) is 3. The summed E-state index contributed by atoms with van der Waals surface area (Å²) in [4.78, 5) is 0. The number of H-pyrrole nitrogens is 1. The minimum atomic E-state index is -0.233. The van der Waals surface area contributed by atoms with Gasteiger partial charge in [-0.25, -0.2) is 4.39 Å². The van der Waals surface area contributed by atoms with Crippen molar-refractivity contribution in [3.05, 3.63) is 60.1 Å². The zero-order valence-electron chi connectivity index (χ0n) is 10.1. The van der Waals surface area contributed by atoms with E-state index in [4.69, 9.17) is 4.42 Å². The lowest BCUT2D eigenvalue weighted by Crippen LogP contribution is -1.99. The molecule has 4 nitrogen and oxygen atoms in total. The molecule has 0 saturated heterocycles. The Labute approximate surface area is 109 Å². The van der Waals surface area contributed by atoms with Gasteiger partial charge in [0.15, 0.2) is 5.76 Å². The van der Waals surface area contributed by atoms with E-state index >= 15 is 0 Å². The van der Waals surface area contributed by atoms with E-state index in [0.29, 0.717) is 6.54 Å². The van der Waals surface area contributed by atoms with Gasteiger partial charge in [0, 0.05) is 12.6 Å². The van der Waals surface area contributed by atoms with Gasteiger partial charge in [0.05, 0.1) is 6.26 Å². The van der Waals surface area contributed by atoms with Crippen LogP contribution in [0.4, 0.5) is 10.2 Å². The van der Waals surface area contributed by atoms with Crippen LogP contribution in [-0.2, 0) is 6.54 Å². The Bertz CT molecular complexity index is 644. The highest BCUT2D eigenvalue weighted by Crippen LogP contribution is 2.20. The lowest BCUT2D eigenvalue weighted by atomic mass is 10.2. The summed E-state index contributed by atoms with van der Waals surface area (Å²) < 4.78 is 18.0. The van der Waals surface area contributed by atoms with E-state index in [1.54, 1.807) is 18.4 Å². The molecule has 0 saturated carbocycles. The third-order valence-electron chi connectivity index (χ3n) is 2.75. The van der Waals surface area contributed by atoms with Crippen molar-refractivity contribution in [2.45, 2.75) is 6.54 Å². The van der Waals surface area contributed by atoms with Gasteiger partial charge >= 0.3 is 0 Å². The molecule has 0 unspecified atom stereocenters. The number of aromatic amines is 1. The Morgan fingerprint density at radius 3 is 2.79 bits per heavy atom. The molecular weight excluding hydrogens is 245 g/mol. The average Bonchev–Trinajstić information content (AvgIpc) is 3.09. The molecule has 5 heteroatoms. The summed E-state index contributed by atoms with van der Waals surface area (Å²) in [6, 6.07) is 11.9. The van der Waals surface area contributed by atoms with Gasteiger partial charge in [0.2, 0.25) is 0 Å². The van der Waals surface area contributed by atoms with Crippen molar-refractivity contribution >= 4 is 5.82 Å². The molecule has 0 fully saturated rings. The number of nitrogens with zero attached hydrogens (tertiary/aromatic N) is 1. The maximum Gasteiger partial charge on any atom is 0.151 e. The second-order valence-electron chi connectivity index (χ2n) is 4.12. The lowest BCUT2D eigenvalue weighted by Gasteiger charge is -2.02. The summed E-state index contributed by atoms with van der Waals surface area (Å²) in [5.74, 6) is 1.22. The number of halogens is 1. The van der Waals surface area contributed by atoms with Crippen molar-refractivity contribution in [2.24, 2.45) is 0 Å². The molecule has 0 spiro atoms. The van der Waals surface area contributed by atoms with Gasteiger partial charge in [-0.05, 0) is 29.8 Å². The van der Waals surface area contributed by atoms with Gasteiger partial charge in [0.1, 0.15) is 17.3 Å². The minimum Gasteiger partial charge on any atom is -0.463 e. The highest BCUT2D eigenvalue weighted by Gasteiger charge is 2.05. The Kier molecular flexibility index (Phi) is 3.02. The molecule has 0 atom stereocenters. The number of nitrogens with one attached hydrogen (secondary N) is 2. The first-order chi connectivity index (χ1) is 9.31. The smallest absolute Gasteiger partial charge is 0.151 e. The number of rotatable bonds is 4. The van der Waals surface area contributed by atoms with Gasteiger partial charge < -0.3 is 9.73 Å². The fourth-order valence-electron chi connectivity index (χ4n) is 1.77. The first-order valence-corrected chi connectivity index (χ1v) is 5.89. The van der Waals surface area contributed by atoms with Crippen molar-refractivity contribution in [2.75, 3.05) is 5.32 Å². The summed E-state index contributed by atoms with van der Waals surface area (Å²) in [6.45, 7) is 0.586. The van der Waals surface area contributed by atoms with Crippen LogP contribution in [0.2, 0.25) is 0 Å². The number of furan rings is 1. The van der Waals surface area contributed by atoms with Crippen LogP contribution in [0.3, 0.4) is 0 Å². The molecule has 1 aromatic carbocycles. The number of anilines is 1. The first-order valence-electron chi connectivity index (χ1n) is 5.89. The summed E-state index contributed by atoms with van der Waals surface area (Å²) in [6.07, 6.45) is 1.61. The van der Waals surface area contributed by atoms with Crippen LogP contribution in [0.1, 0.15) is 5.56 Å². The van der Waals surface area contributed by atoms with Crippen molar-refractivity contribution in [1.29, 1.82) is 0 Å². The van der Waals surface area contributed by atoms with Gasteiger partial charge in [-0.2, -0.15) is 5.10 Å². The van der Waals surface area contributed by atoms with E-state index in [-0.39, 0.29) is 5.82 Å². The highest BCUT2D eigenvalue weighted by molar-refractivity contribution is 5.57. The third-order valence-corrected chi connectivity index (χ3v) is 2.75. The van der Waals surface area contributed by atoms with Gasteiger partial charge in [0.25, 0.3) is 0 Å². The third kappa shape index (κ3) is 2.65. The Balaban J connectivity index is 1.66. The normalized spacial score (nSPS) is 10.6. The fourth-order valence-corrected chi connectivity index (χ4v) is 1.77. The van der Waals surface area contributed by atoms with Crippen molar-refractivity contribution in [3.63, 3.8) is 0 Å². The van der Waals surface area contributed by atoms with Gasteiger partial charge in [-0.15, -0.1) is 0 Å². The number of hydrogen-bond donors (Lipinski definition) is 2. The van der Waals surface area contributed by atoms with E-state index in [1.807, 2.05) is 18.2 Å². The molecule has 19 heavy (non-hydrogen) atoms. The molecule has 2 heterocycles. The van der Waals surface area contributed by atoms with Crippen molar-refractivity contribution < 1.29 is 8.81 Å². The van der Waals surface area contributed by atoms with E-state index in [0.717, 1.165) is 22.8 Å². The molecule has 3 rings (SSSR count). The monoisotopic (exact) mass is 257 g/mol. The second kappa shape index (κ2) is 4.97. The largest absolute Gasteiger partial charge is 0.463 e. The quantitative estimate of drug-likeness (QED) is 0.753. The van der Waals surface area contributed by atoms with Gasteiger partial charge in [-0.1, -0.05) is 12.1 Å². The summed E-state index contributed by atoms with van der Waals surface area (Å²) in [5.41, 5.74) is 1.80. The molecule has 2 N–H and O–H groups in total. The zero-order valence-corrected chi connectivity index (χ0v) is 10.1. The van der Waals surface area contributed by atoms with E-state index in [9.17, 15) is 4.39 Å². The van der Waals surface area contributed by atoms with Crippen LogP contribution in [0.25, 0.3) is 11.5 Å². The van der Waals surface area contributed by atoms with E-state index in [1.165, 1.54) is 12.1 Å². The van der Waals surface area contributed by atoms with Crippen LogP contribution in [0, 0.1) is 5.82 Å². The zero-order chi connectivity index (χ0) is 13.1. The Morgan fingerprint density at radius 2 is 2.05 bits per heavy atom. The molecule has 0 aliphatic heterocycles. The van der Waals surface area contributed by atoms with Gasteiger partial charge in [-0.3, -0.25) is 5.10 Å². The molecule has 0 amide bonds. The summed E-state index contributed by atoms with van der Waals surface area (Å²) >= 11 is 0. The highest BCUT2D eigenvalue weighted by atomic mass is 19.1. The lowest BCUT2D eigenvalue weighted by molar-refractivity contribution is 0.580. The Hall–Kier alpha value is -2.56. The summed E-state index contributed by atoms with van der Waals surface area (Å²) in [5, 5.41) is 10.2. The molecule has 3 aromatic rings. The maximum absolute atomic E-state index is 12.8. The molecule has 0 bridgehead atoms. The number of aromatic nitrogens is 2. The van der Waals surface area contributed by atoms with Crippen LogP contribution < -0.4 is 5.32 Å². The predicted molar refractivity (Wildman–Crippen MR) is 70.0 cm³/mol. The van der Waals surface area contributed by atoms with Crippen LogP contribution >= 0.6 is 0 Å². The van der Waals surface area contributed by atoms with Crippen molar-refractivity contribution in [3.8, 4) is 11.5 Å².